The van der Waals surface area contributed by atoms with E-state index in [1.54, 1.807) is 47.6 Å². The summed E-state index contributed by atoms with van der Waals surface area (Å²) < 4.78 is 36.0. The van der Waals surface area contributed by atoms with E-state index >= 15 is 0 Å². The van der Waals surface area contributed by atoms with Gasteiger partial charge in [0.2, 0.25) is 11.8 Å². The molecule has 0 bridgehead atoms. The van der Waals surface area contributed by atoms with Gasteiger partial charge in [-0.25, -0.2) is 0 Å². The quantitative estimate of drug-likeness (QED) is 0.376. The van der Waals surface area contributed by atoms with Gasteiger partial charge in [-0.2, -0.15) is 13.9 Å². The van der Waals surface area contributed by atoms with Gasteiger partial charge in [0, 0.05) is 23.8 Å². The molecule has 0 radical (unpaired) electrons. The minimum atomic E-state index is -2.94. The Morgan fingerprint density at radius 1 is 1.03 bits per heavy atom. The molecular formula is C28H34F2N4O4. The number of nitrogens with one attached hydrogen (secondary N) is 2. The van der Waals surface area contributed by atoms with E-state index in [9.17, 15) is 18.4 Å². The Balaban J connectivity index is 1.40. The van der Waals surface area contributed by atoms with E-state index in [2.05, 4.69) is 20.5 Å². The van der Waals surface area contributed by atoms with Crippen LogP contribution >= 0.6 is 0 Å². The number of carbonyl (C=O) groups is 2. The minimum absolute atomic E-state index is 0.0113. The maximum atomic E-state index is 13.1. The number of carbonyl (C=O) groups excluding carboxylic acids is 2. The SMILES string of the molecule is CC(C)C(=O)Nc1ccc(NC(=O)C2CCCCN2/N=C/c2ccc(OC(F)F)c(OCC3CC3)c2)cc1. The highest BCUT2D eigenvalue weighted by atomic mass is 19.3. The van der Waals surface area contributed by atoms with Gasteiger partial charge in [-0.1, -0.05) is 13.8 Å². The van der Waals surface area contributed by atoms with Crippen LogP contribution in [0, 0.1) is 11.8 Å². The molecule has 1 aliphatic heterocycles. The van der Waals surface area contributed by atoms with Crippen molar-refractivity contribution in [2.75, 3.05) is 23.8 Å². The zero-order chi connectivity index (χ0) is 27.1. The summed E-state index contributed by atoms with van der Waals surface area (Å²) in [5.41, 5.74) is 1.94. The first kappa shape index (κ1) is 27.3. The van der Waals surface area contributed by atoms with Crippen LogP contribution in [0.5, 0.6) is 11.5 Å². The Morgan fingerprint density at radius 3 is 2.39 bits per heavy atom. The van der Waals surface area contributed by atoms with E-state index in [0.717, 1.165) is 25.7 Å². The van der Waals surface area contributed by atoms with Crippen molar-refractivity contribution in [3.8, 4) is 11.5 Å². The molecule has 2 aromatic carbocycles. The Hall–Kier alpha value is -3.69. The van der Waals surface area contributed by atoms with Gasteiger partial charge < -0.3 is 20.1 Å². The Morgan fingerprint density at radius 2 is 1.74 bits per heavy atom. The molecule has 2 N–H and O–H groups in total. The van der Waals surface area contributed by atoms with Gasteiger partial charge >= 0.3 is 6.61 Å². The van der Waals surface area contributed by atoms with Gasteiger partial charge in [0.1, 0.15) is 6.04 Å². The van der Waals surface area contributed by atoms with Crippen LogP contribution in [-0.4, -0.2) is 48.8 Å². The number of hydrazone groups is 1. The number of rotatable bonds is 11. The zero-order valence-corrected chi connectivity index (χ0v) is 21.7. The molecule has 4 rings (SSSR count). The fourth-order valence-corrected chi connectivity index (χ4v) is 4.01. The summed E-state index contributed by atoms with van der Waals surface area (Å²) in [7, 11) is 0. The number of nitrogens with zero attached hydrogens (tertiary/aromatic N) is 2. The molecule has 38 heavy (non-hydrogen) atoms. The summed E-state index contributed by atoms with van der Waals surface area (Å²) in [6.07, 6.45) is 6.22. The first-order valence-corrected chi connectivity index (χ1v) is 13.0. The van der Waals surface area contributed by atoms with E-state index in [1.807, 2.05) is 13.8 Å². The van der Waals surface area contributed by atoms with E-state index in [4.69, 9.17) is 4.74 Å². The lowest BCUT2D eigenvalue weighted by Crippen LogP contribution is -2.44. The average molecular weight is 529 g/mol. The second kappa shape index (κ2) is 12.7. The van der Waals surface area contributed by atoms with Crippen LogP contribution in [-0.2, 0) is 9.59 Å². The Bertz CT molecular complexity index is 1140. The molecule has 1 unspecified atom stereocenters. The monoisotopic (exact) mass is 528 g/mol. The number of amides is 2. The number of benzene rings is 2. The largest absolute Gasteiger partial charge is 0.489 e. The smallest absolute Gasteiger partial charge is 0.387 e. The molecule has 8 nitrogen and oxygen atoms in total. The summed E-state index contributed by atoms with van der Waals surface area (Å²) in [6.45, 7) is 1.77. The number of alkyl halides is 2. The highest BCUT2D eigenvalue weighted by Crippen LogP contribution is 2.34. The highest BCUT2D eigenvalue weighted by Gasteiger charge is 2.28. The van der Waals surface area contributed by atoms with E-state index < -0.39 is 12.7 Å². The van der Waals surface area contributed by atoms with Crippen LogP contribution in [0.1, 0.15) is 51.5 Å². The third-order valence-electron chi connectivity index (χ3n) is 6.43. The average Bonchev–Trinajstić information content (AvgIpc) is 3.73. The molecule has 1 atom stereocenters. The first-order chi connectivity index (χ1) is 18.3. The van der Waals surface area contributed by atoms with Crippen molar-refractivity contribution in [2.24, 2.45) is 16.9 Å². The number of piperidine rings is 1. The molecule has 2 fully saturated rings. The van der Waals surface area contributed by atoms with Crippen molar-refractivity contribution in [1.82, 2.24) is 5.01 Å². The second-order valence-electron chi connectivity index (χ2n) is 9.97. The molecule has 2 aromatic rings. The number of halogens is 2. The van der Waals surface area contributed by atoms with Crippen LogP contribution in [0.25, 0.3) is 0 Å². The van der Waals surface area contributed by atoms with Gasteiger partial charge in [0.25, 0.3) is 0 Å². The number of anilines is 2. The summed E-state index contributed by atoms with van der Waals surface area (Å²) in [4.78, 5) is 25.0. The molecule has 1 saturated carbocycles. The van der Waals surface area contributed by atoms with Gasteiger partial charge in [0.05, 0.1) is 12.8 Å². The van der Waals surface area contributed by atoms with Crippen molar-refractivity contribution in [1.29, 1.82) is 0 Å². The van der Waals surface area contributed by atoms with E-state index in [0.29, 0.717) is 42.4 Å². The van der Waals surface area contributed by atoms with Crippen molar-refractivity contribution >= 4 is 29.4 Å². The van der Waals surface area contributed by atoms with Crippen molar-refractivity contribution in [3.05, 3.63) is 48.0 Å². The van der Waals surface area contributed by atoms with E-state index in [1.165, 1.54) is 6.07 Å². The minimum Gasteiger partial charge on any atom is -0.489 e. The first-order valence-electron chi connectivity index (χ1n) is 13.0. The predicted molar refractivity (Wildman–Crippen MR) is 142 cm³/mol. The molecule has 1 aliphatic carbocycles. The summed E-state index contributed by atoms with van der Waals surface area (Å²) in [5.74, 6) is 0.322. The topological polar surface area (TPSA) is 92.3 Å². The van der Waals surface area contributed by atoms with E-state index in [-0.39, 0.29) is 29.2 Å². The molecule has 2 aliphatic rings. The van der Waals surface area contributed by atoms with Crippen LogP contribution in [0.3, 0.4) is 0 Å². The molecule has 1 saturated heterocycles. The summed E-state index contributed by atoms with van der Waals surface area (Å²) in [5, 5.41) is 12.1. The third kappa shape index (κ3) is 7.90. The molecule has 0 aromatic heterocycles. The molecule has 1 heterocycles. The van der Waals surface area contributed by atoms with Crippen LogP contribution < -0.4 is 20.1 Å². The molecular weight excluding hydrogens is 494 g/mol. The maximum absolute atomic E-state index is 13.1. The summed E-state index contributed by atoms with van der Waals surface area (Å²) in [6, 6.07) is 11.2. The molecule has 204 valence electrons. The Kier molecular flexibility index (Phi) is 9.15. The van der Waals surface area contributed by atoms with Crippen LogP contribution in [0.2, 0.25) is 0 Å². The lowest BCUT2D eigenvalue weighted by Gasteiger charge is -2.32. The molecule has 2 amide bonds. The molecule has 0 spiro atoms. The van der Waals surface area contributed by atoms with Gasteiger partial charge in [-0.15, -0.1) is 0 Å². The third-order valence-corrected chi connectivity index (χ3v) is 6.43. The zero-order valence-electron chi connectivity index (χ0n) is 21.7. The van der Waals surface area contributed by atoms with Crippen molar-refractivity contribution in [2.45, 2.75) is 58.6 Å². The van der Waals surface area contributed by atoms with Crippen LogP contribution in [0.15, 0.2) is 47.6 Å². The van der Waals surface area contributed by atoms with Crippen LogP contribution in [0.4, 0.5) is 20.2 Å². The highest BCUT2D eigenvalue weighted by molar-refractivity contribution is 5.96. The predicted octanol–water partition coefficient (Wildman–Crippen LogP) is 5.50. The van der Waals surface area contributed by atoms with Crippen molar-refractivity contribution in [3.63, 3.8) is 0 Å². The second-order valence-corrected chi connectivity index (χ2v) is 9.97. The maximum Gasteiger partial charge on any atom is 0.387 e. The lowest BCUT2D eigenvalue weighted by atomic mass is 10.0. The molecule has 10 heteroatoms. The lowest BCUT2D eigenvalue weighted by molar-refractivity contribution is -0.122. The number of ether oxygens (including phenoxy) is 2. The van der Waals surface area contributed by atoms with Gasteiger partial charge in [-0.3, -0.25) is 14.6 Å². The standard InChI is InChI=1S/C28H34F2N4O4/c1-18(2)26(35)32-21-9-11-22(12-10-21)33-27(36)23-5-3-4-14-34(23)31-16-20-8-13-24(38-28(29)30)25(15-20)37-17-19-6-7-19/h8-13,15-16,18-19,23,28H,3-7,14,17H2,1-2H3,(H,32,35)(H,33,36)/b31-16+. The van der Waals surface area contributed by atoms with Gasteiger partial charge in [0.15, 0.2) is 11.5 Å². The number of hydrogen-bond donors (Lipinski definition) is 2. The van der Waals surface area contributed by atoms with Crippen molar-refractivity contribution < 1.29 is 27.8 Å². The Labute approximate surface area is 221 Å². The fourth-order valence-electron chi connectivity index (χ4n) is 4.01. The van der Waals surface area contributed by atoms with Gasteiger partial charge in [-0.05, 0) is 86.1 Å². The fraction of sp³-hybridized carbons (Fsp3) is 0.464. The normalized spacial score (nSPS) is 17.6. The summed E-state index contributed by atoms with van der Waals surface area (Å²) >= 11 is 0. The number of hydrogen-bond acceptors (Lipinski definition) is 6.